The second kappa shape index (κ2) is 5.88. The number of hydrogen-bond acceptors (Lipinski definition) is 4. The smallest absolute Gasteiger partial charge is 0.224 e. The molecule has 0 aromatic carbocycles. The van der Waals surface area contributed by atoms with E-state index >= 15 is 0 Å². The first-order valence-electron chi connectivity index (χ1n) is 5.00. The third kappa shape index (κ3) is 4.44. The first-order chi connectivity index (χ1) is 7.09. The van der Waals surface area contributed by atoms with Gasteiger partial charge >= 0.3 is 0 Å². The zero-order valence-corrected chi connectivity index (χ0v) is 9.75. The summed E-state index contributed by atoms with van der Waals surface area (Å²) >= 11 is 5.68. The molecule has 0 radical (unpaired) electrons. The van der Waals surface area contributed by atoms with Gasteiger partial charge in [-0.05, 0) is 38.3 Å². The highest BCUT2D eigenvalue weighted by Gasteiger charge is 2.01. The Morgan fingerprint density at radius 2 is 2.33 bits per heavy atom. The van der Waals surface area contributed by atoms with Gasteiger partial charge in [0.2, 0.25) is 5.28 Å². The Bertz CT molecular complexity index is 318. The first kappa shape index (κ1) is 12.2. The van der Waals surface area contributed by atoms with Crippen LogP contribution in [0, 0.1) is 6.92 Å². The number of rotatable bonds is 5. The van der Waals surface area contributed by atoms with Gasteiger partial charge in [0.25, 0.3) is 0 Å². The lowest BCUT2D eigenvalue weighted by Crippen LogP contribution is -2.08. The first-order valence-corrected chi connectivity index (χ1v) is 5.38. The zero-order chi connectivity index (χ0) is 11.3. The fourth-order valence-electron chi connectivity index (χ4n) is 1.20. The SMILES string of the molecule is Cc1cnc(Cl)nc1NCCCC(C)O. The highest BCUT2D eigenvalue weighted by Crippen LogP contribution is 2.12. The molecular formula is C10H16ClN3O. The quantitative estimate of drug-likeness (QED) is 0.599. The zero-order valence-electron chi connectivity index (χ0n) is 9.00. The normalized spacial score (nSPS) is 12.5. The van der Waals surface area contributed by atoms with Crippen molar-refractivity contribution in [3.63, 3.8) is 0 Å². The molecule has 1 atom stereocenters. The van der Waals surface area contributed by atoms with E-state index in [0.717, 1.165) is 30.8 Å². The molecule has 1 aromatic rings. The van der Waals surface area contributed by atoms with E-state index in [9.17, 15) is 0 Å². The molecule has 1 rings (SSSR count). The maximum absolute atomic E-state index is 9.07. The van der Waals surface area contributed by atoms with Gasteiger partial charge in [0.05, 0.1) is 6.10 Å². The van der Waals surface area contributed by atoms with E-state index in [0.29, 0.717) is 0 Å². The summed E-state index contributed by atoms with van der Waals surface area (Å²) in [5.74, 6) is 0.764. The molecule has 4 nitrogen and oxygen atoms in total. The fraction of sp³-hybridized carbons (Fsp3) is 0.600. The molecule has 0 spiro atoms. The third-order valence-corrected chi connectivity index (χ3v) is 2.22. The molecule has 1 unspecified atom stereocenters. The van der Waals surface area contributed by atoms with Crippen molar-refractivity contribution in [2.75, 3.05) is 11.9 Å². The fourth-order valence-corrected chi connectivity index (χ4v) is 1.34. The maximum atomic E-state index is 9.07. The molecule has 5 heteroatoms. The Labute approximate surface area is 94.7 Å². The van der Waals surface area contributed by atoms with Crippen LogP contribution in [0.4, 0.5) is 5.82 Å². The molecule has 0 saturated carbocycles. The minimum atomic E-state index is -0.248. The van der Waals surface area contributed by atoms with Gasteiger partial charge in [-0.25, -0.2) is 9.97 Å². The number of halogens is 1. The molecule has 15 heavy (non-hydrogen) atoms. The van der Waals surface area contributed by atoms with E-state index in [1.807, 2.05) is 6.92 Å². The van der Waals surface area contributed by atoms with Gasteiger partial charge in [-0.3, -0.25) is 0 Å². The summed E-state index contributed by atoms with van der Waals surface area (Å²) in [5.41, 5.74) is 0.969. The lowest BCUT2D eigenvalue weighted by molar-refractivity contribution is 0.183. The Morgan fingerprint density at radius 3 is 3.00 bits per heavy atom. The van der Waals surface area contributed by atoms with Gasteiger partial charge in [-0.2, -0.15) is 0 Å². The molecule has 0 aliphatic carbocycles. The Balaban J connectivity index is 2.40. The van der Waals surface area contributed by atoms with Crippen molar-refractivity contribution in [1.29, 1.82) is 0 Å². The minimum Gasteiger partial charge on any atom is -0.393 e. The van der Waals surface area contributed by atoms with Crippen molar-refractivity contribution < 1.29 is 5.11 Å². The summed E-state index contributed by atoms with van der Waals surface area (Å²) in [6.45, 7) is 4.49. The van der Waals surface area contributed by atoms with E-state index in [1.165, 1.54) is 0 Å². The molecule has 0 saturated heterocycles. The van der Waals surface area contributed by atoms with Crippen LogP contribution in [-0.2, 0) is 0 Å². The maximum Gasteiger partial charge on any atom is 0.224 e. The van der Waals surface area contributed by atoms with Crippen LogP contribution in [0.15, 0.2) is 6.20 Å². The van der Waals surface area contributed by atoms with E-state index in [4.69, 9.17) is 16.7 Å². The van der Waals surface area contributed by atoms with Gasteiger partial charge in [0, 0.05) is 18.3 Å². The van der Waals surface area contributed by atoms with Crippen LogP contribution in [-0.4, -0.2) is 27.7 Å². The molecular weight excluding hydrogens is 214 g/mol. The van der Waals surface area contributed by atoms with E-state index in [-0.39, 0.29) is 11.4 Å². The summed E-state index contributed by atoms with van der Waals surface area (Å²) < 4.78 is 0. The van der Waals surface area contributed by atoms with Crippen LogP contribution in [0.3, 0.4) is 0 Å². The molecule has 0 bridgehead atoms. The number of anilines is 1. The van der Waals surface area contributed by atoms with Crippen LogP contribution in [0.5, 0.6) is 0 Å². The van der Waals surface area contributed by atoms with Crippen LogP contribution in [0.2, 0.25) is 5.28 Å². The van der Waals surface area contributed by atoms with Crippen LogP contribution < -0.4 is 5.32 Å². The molecule has 2 N–H and O–H groups in total. The summed E-state index contributed by atoms with van der Waals surface area (Å²) in [6.07, 6.45) is 3.12. The van der Waals surface area contributed by atoms with Crippen molar-refractivity contribution in [2.45, 2.75) is 32.8 Å². The van der Waals surface area contributed by atoms with Gasteiger partial charge in [-0.15, -0.1) is 0 Å². The molecule has 0 aliphatic rings. The highest BCUT2D eigenvalue weighted by molar-refractivity contribution is 6.28. The predicted molar refractivity (Wildman–Crippen MR) is 61.2 cm³/mol. The second-order valence-electron chi connectivity index (χ2n) is 3.59. The van der Waals surface area contributed by atoms with Crippen molar-refractivity contribution in [1.82, 2.24) is 9.97 Å². The van der Waals surface area contributed by atoms with Crippen molar-refractivity contribution in [2.24, 2.45) is 0 Å². The Hall–Kier alpha value is -0.870. The van der Waals surface area contributed by atoms with E-state index in [1.54, 1.807) is 13.1 Å². The molecule has 84 valence electrons. The van der Waals surface area contributed by atoms with Gasteiger partial charge in [-0.1, -0.05) is 0 Å². The number of hydrogen-bond donors (Lipinski definition) is 2. The topological polar surface area (TPSA) is 58.0 Å². The minimum absolute atomic E-state index is 0.248. The third-order valence-electron chi connectivity index (χ3n) is 2.03. The second-order valence-corrected chi connectivity index (χ2v) is 3.93. The van der Waals surface area contributed by atoms with Crippen LogP contribution >= 0.6 is 11.6 Å². The highest BCUT2D eigenvalue weighted by atomic mass is 35.5. The molecule has 1 heterocycles. The number of aromatic nitrogens is 2. The Kier molecular flexibility index (Phi) is 4.78. The number of aliphatic hydroxyl groups excluding tert-OH is 1. The molecule has 0 aliphatic heterocycles. The lowest BCUT2D eigenvalue weighted by atomic mass is 10.2. The number of nitrogens with zero attached hydrogens (tertiary/aromatic N) is 2. The summed E-state index contributed by atoms with van der Waals surface area (Å²) in [7, 11) is 0. The van der Waals surface area contributed by atoms with Crippen molar-refractivity contribution in [3.05, 3.63) is 17.0 Å². The van der Waals surface area contributed by atoms with Gasteiger partial charge < -0.3 is 10.4 Å². The monoisotopic (exact) mass is 229 g/mol. The van der Waals surface area contributed by atoms with Crippen LogP contribution in [0.1, 0.15) is 25.3 Å². The van der Waals surface area contributed by atoms with E-state index < -0.39 is 0 Å². The molecule has 0 fully saturated rings. The number of aliphatic hydroxyl groups is 1. The van der Waals surface area contributed by atoms with Gasteiger partial charge in [0.1, 0.15) is 5.82 Å². The predicted octanol–water partition coefficient (Wildman–Crippen LogP) is 2.01. The summed E-state index contributed by atoms with van der Waals surface area (Å²) in [5, 5.41) is 12.5. The van der Waals surface area contributed by atoms with Crippen molar-refractivity contribution in [3.8, 4) is 0 Å². The molecule has 0 amide bonds. The molecule has 1 aromatic heterocycles. The van der Waals surface area contributed by atoms with E-state index in [2.05, 4.69) is 15.3 Å². The number of nitrogens with one attached hydrogen (secondary N) is 1. The Morgan fingerprint density at radius 1 is 1.60 bits per heavy atom. The van der Waals surface area contributed by atoms with Crippen LogP contribution in [0.25, 0.3) is 0 Å². The average molecular weight is 230 g/mol. The largest absolute Gasteiger partial charge is 0.393 e. The average Bonchev–Trinajstić information content (AvgIpc) is 2.17. The summed E-state index contributed by atoms with van der Waals surface area (Å²) in [6, 6.07) is 0. The standard InChI is InChI=1S/C10H16ClN3O/c1-7-6-13-10(11)14-9(7)12-5-3-4-8(2)15/h6,8,15H,3-5H2,1-2H3,(H,12,13,14). The summed E-state index contributed by atoms with van der Waals surface area (Å²) in [4.78, 5) is 7.94. The van der Waals surface area contributed by atoms with Gasteiger partial charge in [0.15, 0.2) is 0 Å². The number of aryl methyl sites for hydroxylation is 1. The van der Waals surface area contributed by atoms with Crippen molar-refractivity contribution >= 4 is 17.4 Å². The lowest BCUT2D eigenvalue weighted by Gasteiger charge is -2.08.